The van der Waals surface area contributed by atoms with Crippen molar-refractivity contribution in [1.29, 1.82) is 0 Å². The summed E-state index contributed by atoms with van der Waals surface area (Å²) in [6.07, 6.45) is 4.79. The van der Waals surface area contributed by atoms with Crippen LogP contribution in [0.15, 0.2) is 26.6 Å². The van der Waals surface area contributed by atoms with Crippen LogP contribution in [0, 0.1) is 6.92 Å². The molecule has 8 heteroatoms. The number of nitrogens with two attached hydrogens (primary N) is 2. The molecule has 1 aromatic rings. The van der Waals surface area contributed by atoms with Crippen LogP contribution in [-0.2, 0) is 0 Å². The fraction of sp³-hybridized carbons (Fsp3) is 0.438. The van der Waals surface area contributed by atoms with Gasteiger partial charge >= 0.3 is 5.97 Å². The van der Waals surface area contributed by atoms with Crippen LogP contribution in [0.25, 0.3) is 0 Å². The van der Waals surface area contributed by atoms with Gasteiger partial charge in [-0.1, -0.05) is 6.42 Å². The molecule has 1 aliphatic heterocycles. The minimum Gasteiger partial charge on any atom is -0.478 e. The number of nitrogens with zero attached hydrogens (tertiary/aromatic N) is 3. The number of carboxylic acids is 1. The minimum absolute atomic E-state index is 0.178. The van der Waals surface area contributed by atoms with Gasteiger partial charge in [-0.15, -0.1) is 0 Å². The summed E-state index contributed by atoms with van der Waals surface area (Å²) >= 11 is 3.31. The van der Waals surface area contributed by atoms with Gasteiger partial charge in [-0.25, -0.2) is 9.79 Å². The van der Waals surface area contributed by atoms with E-state index in [-0.39, 0.29) is 17.5 Å². The van der Waals surface area contributed by atoms with Gasteiger partial charge in [0.2, 0.25) is 11.9 Å². The second-order valence-electron chi connectivity index (χ2n) is 6.24. The van der Waals surface area contributed by atoms with Gasteiger partial charge in [-0.3, -0.25) is 4.90 Å². The minimum atomic E-state index is -1.00. The molecule has 1 fully saturated rings. The number of carboxylic acid groups (broad SMARTS) is 1. The van der Waals surface area contributed by atoms with Crippen LogP contribution in [0.4, 0.5) is 5.69 Å². The summed E-state index contributed by atoms with van der Waals surface area (Å²) in [4.78, 5) is 22.1. The largest absolute Gasteiger partial charge is 0.478 e. The summed E-state index contributed by atoms with van der Waals surface area (Å²) in [6, 6.07) is 3.40. The lowest BCUT2D eigenvalue weighted by Crippen LogP contribution is -2.58. The van der Waals surface area contributed by atoms with Crippen molar-refractivity contribution in [3.05, 3.63) is 27.7 Å². The van der Waals surface area contributed by atoms with Crippen LogP contribution >= 0.6 is 15.9 Å². The molecule has 1 aromatic carbocycles. The average molecular weight is 394 g/mol. The Morgan fingerprint density at radius 3 is 2.58 bits per heavy atom. The molecule has 1 aliphatic carbocycles. The number of aryl methyl sites for hydroxylation is 1. The van der Waals surface area contributed by atoms with Crippen molar-refractivity contribution in [2.45, 2.75) is 44.7 Å². The van der Waals surface area contributed by atoms with E-state index < -0.39 is 11.6 Å². The van der Waals surface area contributed by atoms with E-state index in [1.165, 1.54) is 0 Å². The molecule has 0 bridgehead atoms. The second-order valence-corrected chi connectivity index (χ2v) is 7.10. The molecule has 3 rings (SSSR count). The molecule has 1 saturated carbocycles. The molecular formula is C16H20BrN5O2. The first-order valence-electron chi connectivity index (χ1n) is 7.87. The van der Waals surface area contributed by atoms with Crippen LogP contribution in [0.2, 0.25) is 0 Å². The third kappa shape index (κ3) is 2.75. The van der Waals surface area contributed by atoms with E-state index in [1.54, 1.807) is 12.1 Å². The SMILES string of the molecule is Cc1cc(Br)c(C(=O)O)cc1N1C(N)=NC(N)=NC12CCCCC2. The number of halogens is 1. The van der Waals surface area contributed by atoms with E-state index in [9.17, 15) is 9.90 Å². The first-order chi connectivity index (χ1) is 11.3. The summed E-state index contributed by atoms with van der Waals surface area (Å²) in [7, 11) is 0. The van der Waals surface area contributed by atoms with E-state index in [4.69, 9.17) is 11.5 Å². The van der Waals surface area contributed by atoms with E-state index >= 15 is 0 Å². The molecule has 1 spiro atoms. The Balaban J connectivity index is 2.17. The predicted octanol–water partition coefficient (Wildman–Crippen LogP) is 2.57. The van der Waals surface area contributed by atoms with Crippen molar-refractivity contribution in [2.24, 2.45) is 21.5 Å². The van der Waals surface area contributed by atoms with Crippen LogP contribution in [0.3, 0.4) is 0 Å². The first-order valence-corrected chi connectivity index (χ1v) is 8.66. The van der Waals surface area contributed by atoms with Crippen LogP contribution < -0.4 is 16.4 Å². The van der Waals surface area contributed by atoms with Gasteiger partial charge in [-0.05, 0) is 66.2 Å². The van der Waals surface area contributed by atoms with Gasteiger partial charge in [0, 0.05) is 4.47 Å². The number of aromatic carboxylic acids is 1. The normalized spacial score (nSPS) is 19.8. The monoisotopic (exact) mass is 393 g/mol. The maximum Gasteiger partial charge on any atom is 0.336 e. The van der Waals surface area contributed by atoms with E-state index in [1.807, 2.05) is 11.8 Å². The van der Waals surface area contributed by atoms with Gasteiger partial charge < -0.3 is 16.6 Å². The highest BCUT2D eigenvalue weighted by Gasteiger charge is 2.43. The fourth-order valence-electron chi connectivity index (χ4n) is 3.54. The highest BCUT2D eigenvalue weighted by molar-refractivity contribution is 9.10. The van der Waals surface area contributed by atoms with Gasteiger partial charge in [0.1, 0.15) is 5.66 Å². The van der Waals surface area contributed by atoms with Crippen LogP contribution in [-0.4, -0.2) is 28.7 Å². The smallest absolute Gasteiger partial charge is 0.336 e. The zero-order chi connectivity index (χ0) is 17.5. The van der Waals surface area contributed by atoms with Gasteiger partial charge in [0.15, 0.2) is 0 Å². The third-order valence-corrected chi connectivity index (χ3v) is 5.26. The van der Waals surface area contributed by atoms with Crippen molar-refractivity contribution in [1.82, 2.24) is 0 Å². The second kappa shape index (κ2) is 6.08. The topological polar surface area (TPSA) is 117 Å². The average Bonchev–Trinajstić information content (AvgIpc) is 2.49. The van der Waals surface area contributed by atoms with E-state index in [0.717, 1.165) is 37.7 Å². The number of carbonyl (C=O) groups is 1. The van der Waals surface area contributed by atoms with Crippen LogP contribution in [0.1, 0.15) is 48.0 Å². The van der Waals surface area contributed by atoms with E-state index in [2.05, 4.69) is 25.9 Å². The van der Waals surface area contributed by atoms with E-state index in [0.29, 0.717) is 10.2 Å². The fourth-order valence-corrected chi connectivity index (χ4v) is 4.16. The molecule has 5 N–H and O–H groups in total. The quantitative estimate of drug-likeness (QED) is 0.713. The molecular weight excluding hydrogens is 374 g/mol. The third-order valence-electron chi connectivity index (χ3n) is 4.61. The number of hydrogen-bond acceptors (Lipinski definition) is 6. The van der Waals surface area contributed by atoms with Crippen molar-refractivity contribution in [3.8, 4) is 0 Å². The Kier molecular flexibility index (Phi) is 4.25. The van der Waals surface area contributed by atoms with Gasteiger partial charge in [-0.2, -0.15) is 4.99 Å². The highest BCUT2D eigenvalue weighted by atomic mass is 79.9. The van der Waals surface area contributed by atoms with Crippen molar-refractivity contribution in [2.75, 3.05) is 4.90 Å². The Morgan fingerprint density at radius 2 is 1.96 bits per heavy atom. The number of benzene rings is 1. The lowest BCUT2D eigenvalue weighted by molar-refractivity contribution is 0.0696. The maximum atomic E-state index is 11.5. The van der Waals surface area contributed by atoms with Crippen LogP contribution in [0.5, 0.6) is 0 Å². The lowest BCUT2D eigenvalue weighted by Gasteiger charge is -2.46. The summed E-state index contributed by atoms with van der Waals surface area (Å²) in [5.41, 5.74) is 13.3. The Labute approximate surface area is 148 Å². The molecule has 0 unspecified atom stereocenters. The number of hydrogen-bond donors (Lipinski definition) is 3. The summed E-state index contributed by atoms with van der Waals surface area (Å²) < 4.78 is 0.532. The number of rotatable bonds is 2. The summed E-state index contributed by atoms with van der Waals surface area (Å²) in [6.45, 7) is 1.91. The van der Waals surface area contributed by atoms with Gasteiger partial charge in [0.05, 0.1) is 11.3 Å². The molecule has 0 amide bonds. The van der Waals surface area contributed by atoms with Crippen molar-refractivity contribution < 1.29 is 9.90 Å². The predicted molar refractivity (Wildman–Crippen MR) is 97.4 cm³/mol. The zero-order valence-electron chi connectivity index (χ0n) is 13.4. The molecule has 24 heavy (non-hydrogen) atoms. The summed E-state index contributed by atoms with van der Waals surface area (Å²) in [5, 5.41) is 9.43. The molecule has 0 radical (unpaired) electrons. The molecule has 2 aliphatic rings. The Hall–Kier alpha value is -2.09. The Bertz CT molecular complexity index is 753. The molecule has 0 aromatic heterocycles. The standard InChI is InChI=1S/C16H20BrN5O2/c1-9-7-11(17)10(13(23)24)8-12(9)22-15(19)20-14(18)21-16(22)5-3-2-4-6-16/h7-8H,2-6H2,1H3,(H,23,24)(H4,18,19,20,21). The number of aliphatic imine (C=N–C) groups is 2. The summed E-state index contributed by atoms with van der Waals surface area (Å²) in [5.74, 6) is -0.568. The molecule has 128 valence electrons. The van der Waals surface area contributed by atoms with Crippen molar-refractivity contribution in [3.63, 3.8) is 0 Å². The zero-order valence-corrected chi connectivity index (χ0v) is 15.0. The molecule has 0 saturated heterocycles. The molecule has 0 atom stereocenters. The first kappa shape index (κ1) is 16.8. The lowest BCUT2D eigenvalue weighted by atomic mass is 9.87. The maximum absolute atomic E-state index is 11.5. The number of guanidine groups is 2. The van der Waals surface area contributed by atoms with Crippen molar-refractivity contribution >= 4 is 39.5 Å². The number of anilines is 1. The molecule has 1 heterocycles. The Morgan fingerprint density at radius 1 is 1.29 bits per heavy atom. The highest BCUT2D eigenvalue weighted by Crippen LogP contribution is 2.41. The van der Waals surface area contributed by atoms with Gasteiger partial charge in [0.25, 0.3) is 0 Å². The molecule has 7 nitrogen and oxygen atoms in total.